The van der Waals surface area contributed by atoms with Gasteiger partial charge in [-0.3, -0.25) is 9.78 Å². The highest BCUT2D eigenvalue weighted by molar-refractivity contribution is 5.86. The van der Waals surface area contributed by atoms with Gasteiger partial charge in [-0.05, 0) is 62.1 Å². The molecule has 3 aliphatic heterocycles. The number of pyridine rings is 1. The molecule has 2 fully saturated rings. The molecule has 0 spiro atoms. The minimum Gasteiger partial charge on any atom is -0.481 e. The zero-order chi connectivity index (χ0) is 30.3. The smallest absolute Gasteiger partial charge is 0.307 e. The zero-order valence-corrected chi connectivity index (χ0v) is 26.2. The molecule has 3 aromatic rings. The number of rotatable bonds is 6. The number of aromatic nitrogens is 3. The summed E-state index contributed by atoms with van der Waals surface area (Å²) >= 11 is 0. The number of piperidine rings is 1. The van der Waals surface area contributed by atoms with Crippen molar-refractivity contribution in [3.63, 3.8) is 0 Å². The summed E-state index contributed by atoms with van der Waals surface area (Å²) in [7, 11) is 0. The number of hydrogen-bond acceptors (Lipinski definition) is 8. The van der Waals surface area contributed by atoms with Crippen LogP contribution in [0.2, 0.25) is 0 Å². The lowest BCUT2D eigenvalue weighted by Crippen LogP contribution is -2.38. The maximum atomic E-state index is 12.0. The molecule has 1 aromatic carbocycles. The Morgan fingerprint density at radius 3 is 2.30 bits per heavy atom. The number of morpholine rings is 1. The first-order chi connectivity index (χ1) is 20.6. The predicted molar refractivity (Wildman–Crippen MR) is 170 cm³/mol. The summed E-state index contributed by atoms with van der Waals surface area (Å²) in [5.74, 6) is 1.18. The Bertz CT molecular complexity index is 1520. The third-order valence-corrected chi connectivity index (χ3v) is 9.57. The lowest BCUT2D eigenvalue weighted by molar-refractivity contribution is -0.136. The second-order valence-electron chi connectivity index (χ2n) is 13.1. The van der Waals surface area contributed by atoms with Gasteiger partial charge in [0.15, 0.2) is 0 Å². The maximum absolute atomic E-state index is 12.0. The molecule has 43 heavy (non-hydrogen) atoms. The minimum absolute atomic E-state index is 0.0219. The van der Waals surface area contributed by atoms with Crippen LogP contribution in [-0.2, 0) is 28.9 Å². The van der Waals surface area contributed by atoms with Crippen molar-refractivity contribution in [1.29, 1.82) is 0 Å². The normalized spacial score (nSPS) is 18.5. The van der Waals surface area contributed by atoms with E-state index >= 15 is 0 Å². The third-order valence-electron chi connectivity index (χ3n) is 9.57. The number of ether oxygens (including phenoxy) is 1. The van der Waals surface area contributed by atoms with Crippen molar-refractivity contribution in [2.75, 3.05) is 60.6 Å². The molecular formula is C34H44N6O3. The van der Waals surface area contributed by atoms with Gasteiger partial charge in [0, 0.05) is 67.3 Å². The molecule has 6 rings (SSSR count). The van der Waals surface area contributed by atoms with Crippen LogP contribution in [0.1, 0.15) is 60.3 Å². The number of anilines is 3. The second-order valence-corrected chi connectivity index (χ2v) is 13.1. The third kappa shape index (κ3) is 5.92. The van der Waals surface area contributed by atoms with Crippen LogP contribution in [0, 0.1) is 26.2 Å². The highest BCUT2D eigenvalue weighted by Crippen LogP contribution is 2.42. The molecule has 0 saturated carbocycles. The van der Waals surface area contributed by atoms with Gasteiger partial charge in [-0.25, -0.2) is 9.97 Å². The van der Waals surface area contributed by atoms with Crippen LogP contribution in [0.4, 0.5) is 17.3 Å². The Labute approximate surface area is 254 Å². The first-order valence-corrected chi connectivity index (χ1v) is 15.6. The van der Waals surface area contributed by atoms with Crippen LogP contribution in [0.15, 0.2) is 24.5 Å². The van der Waals surface area contributed by atoms with Gasteiger partial charge >= 0.3 is 5.97 Å². The average molecular weight is 585 g/mol. The molecule has 2 saturated heterocycles. The van der Waals surface area contributed by atoms with E-state index in [0.29, 0.717) is 5.41 Å². The zero-order valence-electron chi connectivity index (χ0n) is 26.2. The first kappa shape index (κ1) is 29.4. The number of carbonyl (C=O) groups is 1. The monoisotopic (exact) mass is 584 g/mol. The fourth-order valence-electron chi connectivity index (χ4n) is 7.00. The molecular weight excluding hydrogens is 540 g/mol. The number of nitrogens with zero attached hydrogens (tertiary/aromatic N) is 6. The van der Waals surface area contributed by atoms with Crippen molar-refractivity contribution in [1.82, 2.24) is 15.0 Å². The number of hydrogen-bond donors (Lipinski definition) is 1. The van der Waals surface area contributed by atoms with E-state index in [4.69, 9.17) is 14.7 Å². The number of carboxylic acids is 1. The summed E-state index contributed by atoms with van der Waals surface area (Å²) in [5, 5.41) is 9.85. The van der Waals surface area contributed by atoms with Crippen molar-refractivity contribution in [2.24, 2.45) is 5.41 Å². The summed E-state index contributed by atoms with van der Waals surface area (Å²) in [5.41, 5.74) is 9.91. The van der Waals surface area contributed by atoms with E-state index in [1.54, 1.807) is 6.33 Å². The summed E-state index contributed by atoms with van der Waals surface area (Å²) < 4.78 is 5.55. The van der Waals surface area contributed by atoms with E-state index in [-0.39, 0.29) is 6.42 Å². The molecule has 3 aliphatic rings. The highest BCUT2D eigenvalue weighted by atomic mass is 16.5. The van der Waals surface area contributed by atoms with Crippen LogP contribution in [0.3, 0.4) is 0 Å². The highest BCUT2D eigenvalue weighted by Gasteiger charge is 2.31. The summed E-state index contributed by atoms with van der Waals surface area (Å²) in [6.45, 7) is 17.4. The molecule has 0 aliphatic carbocycles. The Hall–Kier alpha value is -3.72. The van der Waals surface area contributed by atoms with Crippen molar-refractivity contribution in [3.8, 4) is 11.1 Å². The number of aliphatic carboxylic acids is 1. The summed E-state index contributed by atoms with van der Waals surface area (Å²) in [4.78, 5) is 33.3. The van der Waals surface area contributed by atoms with Crippen LogP contribution < -0.4 is 14.7 Å². The van der Waals surface area contributed by atoms with Crippen molar-refractivity contribution < 1.29 is 14.6 Å². The van der Waals surface area contributed by atoms with Crippen molar-refractivity contribution in [2.45, 2.75) is 66.8 Å². The Balaban J connectivity index is 1.33. The maximum Gasteiger partial charge on any atom is 0.307 e. The fourth-order valence-corrected chi connectivity index (χ4v) is 7.00. The SMILES string of the molecule is Cc1nc(C)c(-c2ccc3c(c2)CCN(c2ncnc(N4CCOCC4)c2C)C3)c(N2CCC(C)(C)CC2)c1CC(=O)O. The van der Waals surface area contributed by atoms with Gasteiger partial charge in [-0.2, -0.15) is 0 Å². The van der Waals surface area contributed by atoms with Gasteiger partial charge in [0.1, 0.15) is 18.0 Å². The summed E-state index contributed by atoms with van der Waals surface area (Å²) in [6.07, 6.45) is 4.74. The Morgan fingerprint density at radius 2 is 1.60 bits per heavy atom. The van der Waals surface area contributed by atoms with Gasteiger partial charge in [-0.15, -0.1) is 0 Å². The fraction of sp³-hybridized carbons (Fsp3) is 0.529. The number of benzene rings is 1. The van der Waals surface area contributed by atoms with E-state index in [0.717, 1.165) is 123 Å². The number of fused-ring (bicyclic) bond motifs is 1. The number of carboxylic acid groups (broad SMARTS) is 1. The largest absolute Gasteiger partial charge is 0.481 e. The molecule has 0 bridgehead atoms. The van der Waals surface area contributed by atoms with E-state index in [1.807, 2.05) is 6.92 Å². The predicted octanol–water partition coefficient (Wildman–Crippen LogP) is 5.12. The van der Waals surface area contributed by atoms with E-state index in [1.165, 1.54) is 11.1 Å². The summed E-state index contributed by atoms with van der Waals surface area (Å²) in [6, 6.07) is 6.77. The Kier molecular flexibility index (Phi) is 8.02. The molecule has 1 N–H and O–H groups in total. The van der Waals surface area contributed by atoms with E-state index < -0.39 is 5.97 Å². The number of aryl methyl sites for hydroxylation is 2. The van der Waals surface area contributed by atoms with Crippen LogP contribution >= 0.6 is 0 Å². The van der Waals surface area contributed by atoms with E-state index in [9.17, 15) is 9.90 Å². The molecule has 0 unspecified atom stereocenters. The van der Waals surface area contributed by atoms with Gasteiger partial charge in [0.2, 0.25) is 0 Å². The van der Waals surface area contributed by atoms with E-state index in [2.05, 4.69) is 65.6 Å². The van der Waals surface area contributed by atoms with Gasteiger partial charge in [-0.1, -0.05) is 32.0 Å². The lowest BCUT2D eigenvalue weighted by atomic mass is 9.82. The van der Waals surface area contributed by atoms with Gasteiger partial charge in [0.25, 0.3) is 0 Å². The molecule has 228 valence electrons. The second kappa shape index (κ2) is 11.8. The molecule has 0 amide bonds. The topological polar surface area (TPSA) is 94.9 Å². The van der Waals surface area contributed by atoms with Crippen LogP contribution in [0.5, 0.6) is 0 Å². The Morgan fingerprint density at radius 1 is 0.907 bits per heavy atom. The standard InChI is InChI=1S/C34H44N6O3/c1-22-32(39-14-16-43-17-15-39)35-21-36-33(22)40-11-8-25-18-26(6-7-27(25)20-40)30-24(3)37-23(2)28(19-29(41)42)31(30)38-12-9-34(4,5)10-13-38/h6-7,18,21H,8-17,19-20H2,1-5H3,(H,41,42). The molecule has 0 atom stereocenters. The van der Waals surface area contributed by atoms with Crippen LogP contribution in [0.25, 0.3) is 11.1 Å². The minimum atomic E-state index is -0.819. The molecule has 9 heteroatoms. The quantitative estimate of drug-likeness (QED) is 0.424. The molecule has 9 nitrogen and oxygen atoms in total. The molecule has 0 radical (unpaired) electrons. The lowest BCUT2D eigenvalue weighted by Gasteiger charge is -2.40. The van der Waals surface area contributed by atoms with Crippen molar-refractivity contribution >= 4 is 23.3 Å². The van der Waals surface area contributed by atoms with Crippen LogP contribution in [-0.4, -0.2) is 72.0 Å². The van der Waals surface area contributed by atoms with Gasteiger partial charge < -0.3 is 24.5 Å². The van der Waals surface area contributed by atoms with Crippen molar-refractivity contribution in [3.05, 3.63) is 58.2 Å². The molecule has 5 heterocycles. The molecule has 2 aromatic heterocycles. The average Bonchev–Trinajstić information content (AvgIpc) is 2.98. The first-order valence-electron chi connectivity index (χ1n) is 15.6. The van der Waals surface area contributed by atoms with Gasteiger partial charge in [0.05, 0.1) is 25.3 Å².